The molecule has 0 aliphatic heterocycles. The molecule has 21 heavy (non-hydrogen) atoms. The zero-order chi connectivity index (χ0) is 15.2. The minimum Gasteiger partial charge on any atom is -0.313 e. The highest BCUT2D eigenvalue weighted by Crippen LogP contribution is 2.22. The molecule has 2 aromatic rings. The second-order valence-electron chi connectivity index (χ2n) is 5.15. The van der Waals surface area contributed by atoms with Gasteiger partial charge in [-0.3, -0.25) is 0 Å². The van der Waals surface area contributed by atoms with Gasteiger partial charge in [0.15, 0.2) is 0 Å². The standard InChI is InChI=1S/C16H20BrClN2S/c1-19-16(12-3-5-14(18)6-4-12)7-8-20(2)10-15-9-13(17)11-21-15/h3-6,9,11,16,19H,7-8,10H2,1-2H3. The quantitative estimate of drug-likeness (QED) is 0.723. The van der Waals surface area contributed by atoms with Gasteiger partial charge in [0.25, 0.3) is 0 Å². The zero-order valence-corrected chi connectivity index (χ0v) is 15.4. The number of halogens is 2. The van der Waals surface area contributed by atoms with Crippen molar-refractivity contribution in [1.82, 2.24) is 10.2 Å². The van der Waals surface area contributed by atoms with Gasteiger partial charge in [0.1, 0.15) is 0 Å². The molecule has 1 aromatic carbocycles. The normalized spacial score (nSPS) is 12.8. The average molecular weight is 388 g/mol. The van der Waals surface area contributed by atoms with E-state index in [2.05, 4.69) is 56.8 Å². The monoisotopic (exact) mass is 386 g/mol. The molecule has 0 radical (unpaired) electrons. The van der Waals surface area contributed by atoms with Crippen LogP contribution >= 0.6 is 38.9 Å². The number of hydrogen-bond acceptors (Lipinski definition) is 3. The lowest BCUT2D eigenvalue weighted by molar-refractivity contribution is 0.306. The van der Waals surface area contributed by atoms with Gasteiger partial charge in [-0.15, -0.1) is 11.3 Å². The smallest absolute Gasteiger partial charge is 0.0406 e. The summed E-state index contributed by atoms with van der Waals surface area (Å²) in [7, 11) is 4.18. The Hall–Kier alpha value is -0.390. The van der Waals surface area contributed by atoms with E-state index in [0.717, 1.165) is 24.5 Å². The van der Waals surface area contributed by atoms with Crippen molar-refractivity contribution in [2.45, 2.75) is 19.0 Å². The third kappa shape index (κ3) is 5.38. The fraction of sp³-hybridized carbons (Fsp3) is 0.375. The van der Waals surface area contributed by atoms with E-state index >= 15 is 0 Å². The fourth-order valence-electron chi connectivity index (χ4n) is 2.30. The number of hydrogen-bond donors (Lipinski definition) is 1. The molecule has 1 heterocycles. The first-order valence-corrected chi connectivity index (χ1v) is 8.97. The van der Waals surface area contributed by atoms with E-state index in [1.54, 1.807) is 11.3 Å². The van der Waals surface area contributed by atoms with Crippen molar-refractivity contribution in [2.24, 2.45) is 0 Å². The second-order valence-corrected chi connectivity index (χ2v) is 7.50. The van der Waals surface area contributed by atoms with Crippen LogP contribution in [0.1, 0.15) is 22.9 Å². The molecule has 0 saturated carbocycles. The molecule has 2 rings (SSSR count). The Morgan fingerprint density at radius 2 is 2.05 bits per heavy atom. The summed E-state index contributed by atoms with van der Waals surface area (Å²) in [5.41, 5.74) is 1.29. The maximum absolute atomic E-state index is 5.95. The minimum atomic E-state index is 0.361. The van der Waals surface area contributed by atoms with E-state index in [1.165, 1.54) is 14.9 Å². The molecule has 1 aromatic heterocycles. The maximum Gasteiger partial charge on any atom is 0.0406 e. The van der Waals surface area contributed by atoms with Crippen molar-refractivity contribution < 1.29 is 0 Å². The van der Waals surface area contributed by atoms with Gasteiger partial charge in [0.2, 0.25) is 0 Å². The van der Waals surface area contributed by atoms with Gasteiger partial charge in [-0.2, -0.15) is 0 Å². The van der Waals surface area contributed by atoms with Crippen LogP contribution < -0.4 is 5.32 Å². The first-order valence-electron chi connectivity index (χ1n) is 6.92. The van der Waals surface area contributed by atoms with Crippen LogP contribution in [-0.4, -0.2) is 25.5 Å². The summed E-state index contributed by atoms with van der Waals surface area (Å²) in [6.07, 6.45) is 1.07. The van der Waals surface area contributed by atoms with E-state index in [-0.39, 0.29) is 0 Å². The maximum atomic E-state index is 5.95. The average Bonchev–Trinajstić information content (AvgIpc) is 2.86. The number of nitrogens with one attached hydrogen (secondary N) is 1. The van der Waals surface area contributed by atoms with Gasteiger partial charge < -0.3 is 10.2 Å². The van der Waals surface area contributed by atoms with Crippen LogP contribution in [0.25, 0.3) is 0 Å². The molecule has 1 N–H and O–H groups in total. The lowest BCUT2D eigenvalue weighted by atomic mass is 10.0. The minimum absolute atomic E-state index is 0.361. The predicted octanol–water partition coefficient (Wildman–Crippen LogP) is 4.95. The van der Waals surface area contributed by atoms with Crippen LogP contribution in [0.4, 0.5) is 0 Å². The van der Waals surface area contributed by atoms with Gasteiger partial charge in [0.05, 0.1) is 0 Å². The molecule has 2 nitrogen and oxygen atoms in total. The molecule has 1 atom stereocenters. The Balaban J connectivity index is 1.86. The van der Waals surface area contributed by atoms with Crippen molar-refractivity contribution in [3.8, 4) is 0 Å². The molecule has 5 heteroatoms. The topological polar surface area (TPSA) is 15.3 Å². The summed E-state index contributed by atoms with van der Waals surface area (Å²) in [6, 6.07) is 10.7. The van der Waals surface area contributed by atoms with Crippen molar-refractivity contribution in [3.63, 3.8) is 0 Å². The number of nitrogens with zero attached hydrogens (tertiary/aromatic N) is 1. The number of rotatable bonds is 7. The van der Waals surface area contributed by atoms with Crippen LogP contribution in [0, 0.1) is 0 Å². The van der Waals surface area contributed by atoms with Crippen molar-refractivity contribution >= 4 is 38.9 Å². The summed E-state index contributed by atoms with van der Waals surface area (Å²) in [4.78, 5) is 3.75. The molecule has 0 aliphatic rings. The van der Waals surface area contributed by atoms with Crippen LogP contribution in [-0.2, 0) is 6.54 Å². The Kier molecular flexibility index (Phi) is 6.71. The molecule has 0 saturated heterocycles. The molecule has 114 valence electrons. The second kappa shape index (κ2) is 8.30. The van der Waals surface area contributed by atoms with E-state index in [9.17, 15) is 0 Å². The van der Waals surface area contributed by atoms with Gasteiger partial charge in [-0.05, 0) is 60.2 Å². The first kappa shape index (κ1) is 17.0. The Labute approximate surface area is 144 Å². The molecule has 0 spiro atoms. The number of benzene rings is 1. The van der Waals surface area contributed by atoms with Crippen LogP contribution in [0.5, 0.6) is 0 Å². The van der Waals surface area contributed by atoms with Crippen molar-refractivity contribution in [3.05, 3.63) is 55.6 Å². The van der Waals surface area contributed by atoms with Crippen LogP contribution in [0.2, 0.25) is 5.02 Å². The summed E-state index contributed by atoms with van der Waals surface area (Å²) in [5.74, 6) is 0. The van der Waals surface area contributed by atoms with Crippen molar-refractivity contribution in [2.75, 3.05) is 20.6 Å². The van der Waals surface area contributed by atoms with Gasteiger partial charge >= 0.3 is 0 Å². The van der Waals surface area contributed by atoms with E-state index in [0.29, 0.717) is 6.04 Å². The lowest BCUT2D eigenvalue weighted by Crippen LogP contribution is -2.25. The highest BCUT2D eigenvalue weighted by molar-refractivity contribution is 9.10. The molecular weight excluding hydrogens is 368 g/mol. The van der Waals surface area contributed by atoms with Crippen molar-refractivity contribution in [1.29, 1.82) is 0 Å². The third-order valence-corrected chi connectivity index (χ3v) is 5.40. The van der Waals surface area contributed by atoms with E-state index < -0.39 is 0 Å². The Bertz CT molecular complexity index is 556. The molecule has 0 bridgehead atoms. The Morgan fingerprint density at radius 1 is 1.33 bits per heavy atom. The largest absolute Gasteiger partial charge is 0.313 e. The van der Waals surface area contributed by atoms with E-state index in [1.807, 2.05) is 19.2 Å². The summed E-state index contributed by atoms with van der Waals surface area (Å²) in [5, 5.41) is 6.30. The SMILES string of the molecule is CNC(CCN(C)Cc1cc(Br)cs1)c1ccc(Cl)cc1. The summed E-state index contributed by atoms with van der Waals surface area (Å²) < 4.78 is 1.17. The molecule has 0 aliphatic carbocycles. The number of thiophene rings is 1. The zero-order valence-electron chi connectivity index (χ0n) is 12.3. The predicted molar refractivity (Wildman–Crippen MR) is 96.2 cm³/mol. The highest BCUT2D eigenvalue weighted by Gasteiger charge is 2.11. The first-order chi connectivity index (χ1) is 10.1. The summed E-state index contributed by atoms with van der Waals surface area (Å²) in [6.45, 7) is 2.04. The van der Waals surface area contributed by atoms with Gasteiger partial charge in [-0.1, -0.05) is 23.7 Å². The third-order valence-electron chi connectivity index (χ3n) is 3.47. The van der Waals surface area contributed by atoms with Gasteiger partial charge in [0, 0.05) is 38.9 Å². The molecular formula is C16H20BrClN2S. The van der Waals surface area contributed by atoms with Gasteiger partial charge in [-0.25, -0.2) is 0 Å². The van der Waals surface area contributed by atoms with E-state index in [4.69, 9.17) is 11.6 Å². The van der Waals surface area contributed by atoms with Crippen LogP contribution in [0.3, 0.4) is 0 Å². The fourth-order valence-corrected chi connectivity index (χ4v) is 3.96. The lowest BCUT2D eigenvalue weighted by Gasteiger charge is -2.21. The Morgan fingerprint density at radius 3 is 2.62 bits per heavy atom. The van der Waals surface area contributed by atoms with Crippen LogP contribution in [0.15, 0.2) is 40.2 Å². The molecule has 0 fully saturated rings. The molecule has 0 amide bonds. The molecule has 1 unspecified atom stereocenters. The highest BCUT2D eigenvalue weighted by atomic mass is 79.9. The summed E-state index contributed by atoms with van der Waals surface area (Å²) >= 11 is 11.2.